The van der Waals surface area contributed by atoms with Gasteiger partial charge in [-0.2, -0.15) is 5.10 Å². The van der Waals surface area contributed by atoms with Crippen molar-refractivity contribution in [2.24, 2.45) is 0 Å². The van der Waals surface area contributed by atoms with Crippen LogP contribution in [0.4, 0.5) is 0 Å². The van der Waals surface area contributed by atoms with Gasteiger partial charge in [0, 0.05) is 17.8 Å². The minimum absolute atomic E-state index is 0.111. The zero-order chi connectivity index (χ0) is 10.9. The highest BCUT2D eigenvalue weighted by Crippen LogP contribution is 2.21. The minimum Gasteiger partial charge on any atom is -0.478 e. The molecule has 0 aromatic carbocycles. The highest BCUT2D eigenvalue weighted by atomic mass is 16.4. The molecule has 1 aromatic rings. The molecule has 0 saturated heterocycles. The number of nitrogens with zero attached hydrogens (tertiary/aromatic N) is 2. The van der Waals surface area contributed by atoms with Crippen LogP contribution in [0.1, 0.15) is 23.9 Å². The van der Waals surface area contributed by atoms with Gasteiger partial charge in [-0.05, 0) is 20.8 Å². The maximum Gasteiger partial charge on any atom is 0.335 e. The number of carboxylic acids is 1. The zero-order valence-electron chi connectivity index (χ0n) is 8.66. The first-order valence-electron chi connectivity index (χ1n) is 4.45. The van der Waals surface area contributed by atoms with Gasteiger partial charge in [0.05, 0.1) is 11.3 Å². The van der Waals surface area contributed by atoms with Gasteiger partial charge in [-0.25, -0.2) is 4.79 Å². The second-order valence-corrected chi connectivity index (χ2v) is 3.15. The highest BCUT2D eigenvalue weighted by molar-refractivity contribution is 6.15. The van der Waals surface area contributed by atoms with E-state index in [2.05, 4.69) is 11.7 Å². The molecule has 0 saturated carbocycles. The summed E-state index contributed by atoms with van der Waals surface area (Å²) in [6.07, 6.45) is 0. The van der Waals surface area contributed by atoms with Gasteiger partial charge in [-0.3, -0.25) is 4.68 Å². The Hall–Kier alpha value is -1.58. The predicted molar refractivity (Wildman–Crippen MR) is 54.0 cm³/mol. The van der Waals surface area contributed by atoms with E-state index in [1.54, 1.807) is 11.6 Å². The van der Waals surface area contributed by atoms with E-state index in [9.17, 15) is 4.79 Å². The Morgan fingerprint density at radius 2 is 2.14 bits per heavy atom. The van der Waals surface area contributed by atoms with Crippen LogP contribution in [-0.2, 0) is 11.3 Å². The molecule has 14 heavy (non-hydrogen) atoms. The molecular formula is C10H14N2O2. The van der Waals surface area contributed by atoms with Gasteiger partial charge in [0.25, 0.3) is 0 Å². The smallest absolute Gasteiger partial charge is 0.335 e. The van der Waals surface area contributed by atoms with Crippen molar-refractivity contribution >= 4 is 11.5 Å². The van der Waals surface area contributed by atoms with Crippen LogP contribution >= 0.6 is 0 Å². The average Bonchev–Trinajstić information content (AvgIpc) is 2.40. The van der Waals surface area contributed by atoms with Crippen molar-refractivity contribution in [2.45, 2.75) is 27.3 Å². The van der Waals surface area contributed by atoms with Gasteiger partial charge in [0.1, 0.15) is 0 Å². The second-order valence-electron chi connectivity index (χ2n) is 3.15. The molecule has 1 heterocycles. The van der Waals surface area contributed by atoms with Crippen molar-refractivity contribution < 1.29 is 9.90 Å². The third-order valence-electron chi connectivity index (χ3n) is 2.24. The predicted octanol–water partition coefficient (Wildman–Crippen LogP) is 1.62. The topological polar surface area (TPSA) is 55.1 Å². The van der Waals surface area contributed by atoms with Gasteiger partial charge >= 0.3 is 5.97 Å². The molecule has 1 aromatic heterocycles. The average molecular weight is 194 g/mol. The highest BCUT2D eigenvalue weighted by Gasteiger charge is 2.17. The molecule has 0 unspecified atom stereocenters. The molecule has 0 aliphatic rings. The van der Waals surface area contributed by atoms with Gasteiger partial charge in [0.2, 0.25) is 0 Å². The Morgan fingerprint density at radius 3 is 2.50 bits per heavy atom. The monoisotopic (exact) mass is 194 g/mol. The van der Waals surface area contributed by atoms with Gasteiger partial charge in [-0.15, -0.1) is 0 Å². The maximum absolute atomic E-state index is 10.8. The van der Waals surface area contributed by atoms with Crippen LogP contribution in [0.3, 0.4) is 0 Å². The molecular weight excluding hydrogens is 180 g/mol. The summed E-state index contributed by atoms with van der Waals surface area (Å²) in [7, 11) is 0. The fourth-order valence-electron chi connectivity index (χ4n) is 1.55. The molecule has 76 valence electrons. The second kappa shape index (κ2) is 3.65. The van der Waals surface area contributed by atoms with Crippen LogP contribution in [0.5, 0.6) is 0 Å². The zero-order valence-corrected chi connectivity index (χ0v) is 8.66. The van der Waals surface area contributed by atoms with Crippen LogP contribution in [-0.4, -0.2) is 20.9 Å². The first-order chi connectivity index (χ1) is 6.49. The molecule has 0 aliphatic carbocycles. The van der Waals surface area contributed by atoms with Crippen molar-refractivity contribution in [2.75, 3.05) is 0 Å². The van der Waals surface area contributed by atoms with Crippen LogP contribution in [0.2, 0.25) is 0 Å². The Bertz CT molecular complexity index is 391. The SMILES string of the molecule is C=C(C(=O)O)c1c(C)nn(CC)c1C. The Kier molecular flexibility index (Phi) is 2.74. The number of hydrogen-bond donors (Lipinski definition) is 1. The van der Waals surface area contributed by atoms with Crippen molar-refractivity contribution in [1.29, 1.82) is 0 Å². The van der Waals surface area contributed by atoms with Crippen LogP contribution in [0.15, 0.2) is 6.58 Å². The normalized spacial score (nSPS) is 10.2. The lowest BCUT2D eigenvalue weighted by Gasteiger charge is -2.01. The van der Waals surface area contributed by atoms with E-state index in [-0.39, 0.29) is 5.57 Å². The maximum atomic E-state index is 10.8. The van der Waals surface area contributed by atoms with Crippen LogP contribution in [0.25, 0.3) is 5.57 Å². The summed E-state index contributed by atoms with van der Waals surface area (Å²) in [5, 5.41) is 13.1. The van der Waals surface area contributed by atoms with Crippen molar-refractivity contribution in [3.63, 3.8) is 0 Å². The summed E-state index contributed by atoms with van der Waals surface area (Å²) in [6.45, 7) is 9.89. The lowest BCUT2D eigenvalue weighted by atomic mass is 10.1. The summed E-state index contributed by atoms with van der Waals surface area (Å²) in [5.74, 6) is -0.994. The molecule has 0 bridgehead atoms. The molecule has 0 atom stereocenters. The largest absolute Gasteiger partial charge is 0.478 e. The van der Waals surface area contributed by atoms with Crippen molar-refractivity contribution in [3.05, 3.63) is 23.5 Å². The summed E-state index contributed by atoms with van der Waals surface area (Å²) in [6, 6.07) is 0. The van der Waals surface area contributed by atoms with E-state index < -0.39 is 5.97 Å². The number of carboxylic acid groups (broad SMARTS) is 1. The molecule has 0 aliphatic heterocycles. The van der Waals surface area contributed by atoms with E-state index >= 15 is 0 Å². The van der Waals surface area contributed by atoms with E-state index in [4.69, 9.17) is 5.11 Å². The van der Waals surface area contributed by atoms with Gasteiger partial charge in [-0.1, -0.05) is 6.58 Å². The summed E-state index contributed by atoms with van der Waals surface area (Å²) < 4.78 is 1.78. The molecule has 4 heteroatoms. The van der Waals surface area contributed by atoms with E-state index in [0.29, 0.717) is 5.56 Å². The Labute approximate surface area is 82.9 Å². The van der Waals surface area contributed by atoms with Crippen LogP contribution in [0, 0.1) is 13.8 Å². The molecule has 0 radical (unpaired) electrons. The standard InChI is InChI=1S/C10H14N2O2/c1-5-12-8(4)9(7(3)11-12)6(2)10(13)14/h2,5H2,1,3-4H3,(H,13,14). The fourth-order valence-corrected chi connectivity index (χ4v) is 1.55. The van der Waals surface area contributed by atoms with Crippen molar-refractivity contribution in [1.82, 2.24) is 9.78 Å². The Morgan fingerprint density at radius 1 is 1.57 bits per heavy atom. The van der Waals surface area contributed by atoms with E-state index in [0.717, 1.165) is 17.9 Å². The van der Waals surface area contributed by atoms with Gasteiger partial charge in [0.15, 0.2) is 0 Å². The fraction of sp³-hybridized carbons (Fsp3) is 0.400. The first-order valence-corrected chi connectivity index (χ1v) is 4.45. The Balaban J connectivity index is 3.27. The molecule has 0 fully saturated rings. The first kappa shape index (κ1) is 10.5. The molecule has 1 N–H and O–H groups in total. The third kappa shape index (κ3) is 1.55. The molecule has 4 nitrogen and oxygen atoms in total. The number of aryl methyl sites for hydroxylation is 2. The number of aliphatic carboxylic acids is 1. The number of rotatable bonds is 3. The van der Waals surface area contributed by atoms with E-state index in [1.807, 2.05) is 13.8 Å². The van der Waals surface area contributed by atoms with E-state index in [1.165, 1.54) is 0 Å². The lowest BCUT2D eigenvalue weighted by molar-refractivity contribution is -0.130. The quantitative estimate of drug-likeness (QED) is 0.744. The molecule has 0 spiro atoms. The third-order valence-corrected chi connectivity index (χ3v) is 2.24. The minimum atomic E-state index is -0.994. The molecule has 0 amide bonds. The van der Waals surface area contributed by atoms with Gasteiger partial charge < -0.3 is 5.11 Å². The summed E-state index contributed by atoms with van der Waals surface area (Å²) >= 11 is 0. The van der Waals surface area contributed by atoms with Crippen molar-refractivity contribution in [3.8, 4) is 0 Å². The van der Waals surface area contributed by atoms with Crippen LogP contribution < -0.4 is 0 Å². The summed E-state index contributed by atoms with van der Waals surface area (Å²) in [5.41, 5.74) is 2.34. The lowest BCUT2D eigenvalue weighted by Crippen LogP contribution is -2.02. The molecule has 1 rings (SSSR count). The number of carbonyl (C=O) groups is 1. The number of aromatic nitrogens is 2. The summed E-state index contributed by atoms with van der Waals surface area (Å²) in [4.78, 5) is 10.8. The number of hydrogen-bond acceptors (Lipinski definition) is 2.